The lowest BCUT2D eigenvalue weighted by molar-refractivity contribution is -0.167. The molecule has 0 amide bonds. The van der Waals surface area contributed by atoms with Crippen molar-refractivity contribution < 1.29 is 19.0 Å². The molecule has 0 atom stereocenters. The highest BCUT2D eigenvalue weighted by atomic mass is 16.7. The fourth-order valence-corrected chi connectivity index (χ4v) is 1.60. The molecule has 0 bridgehead atoms. The highest BCUT2D eigenvalue weighted by Gasteiger charge is 2.08. The van der Waals surface area contributed by atoms with Gasteiger partial charge in [-0.1, -0.05) is 5.16 Å². The van der Waals surface area contributed by atoms with Crippen LogP contribution in [0.25, 0.3) is 0 Å². The molecule has 0 unspecified atom stereocenters. The maximum Gasteiger partial charge on any atom is 0.194 e. The summed E-state index contributed by atoms with van der Waals surface area (Å²) in [7, 11) is 1.64. The summed E-state index contributed by atoms with van der Waals surface area (Å²) >= 11 is 0. The van der Waals surface area contributed by atoms with Gasteiger partial charge >= 0.3 is 0 Å². The molecule has 0 N–H and O–H groups in total. The first-order valence-electron chi connectivity index (χ1n) is 6.75. The Labute approximate surface area is 120 Å². The number of hydrogen-bond donors (Lipinski definition) is 0. The average Bonchev–Trinajstić information content (AvgIpc) is 2.47. The lowest BCUT2D eigenvalue weighted by Gasteiger charge is -2.15. The van der Waals surface area contributed by atoms with Crippen LogP contribution in [0.1, 0.15) is 26.3 Å². The molecular formula is C15H23NO4. The Hall–Kier alpha value is -1.59. The van der Waals surface area contributed by atoms with Gasteiger partial charge in [0.05, 0.1) is 12.8 Å². The largest absolute Gasteiger partial charge is 0.497 e. The summed E-state index contributed by atoms with van der Waals surface area (Å²) in [6, 6.07) is 7.64. The molecule has 0 aliphatic heterocycles. The number of rotatable bonds is 9. The van der Waals surface area contributed by atoms with Crippen molar-refractivity contribution in [1.29, 1.82) is 0 Å². The van der Waals surface area contributed by atoms with Crippen molar-refractivity contribution in [2.45, 2.75) is 27.1 Å². The molecule has 0 fully saturated rings. The van der Waals surface area contributed by atoms with Crippen LogP contribution in [-0.2, 0) is 14.3 Å². The number of methoxy groups -OCH3 is 1. The Morgan fingerprint density at radius 2 is 1.70 bits per heavy atom. The molecule has 112 valence electrons. The van der Waals surface area contributed by atoms with Gasteiger partial charge in [-0.05, 0) is 50.6 Å². The van der Waals surface area contributed by atoms with E-state index in [1.807, 2.05) is 45.0 Å². The normalized spacial score (nSPS) is 11.8. The first-order valence-corrected chi connectivity index (χ1v) is 6.75. The molecule has 0 aromatic heterocycles. The summed E-state index contributed by atoms with van der Waals surface area (Å²) in [4.78, 5) is 5.28. The Kier molecular flexibility index (Phi) is 7.69. The van der Waals surface area contributed by atoms with Crippen molar-refractivity contribution in [1.82, 2.24) is 0 Å². The molecule has 0 saturated heterocycles. The van der Waals surface area contributed by atoms with Crippen molar-refractivity contribution in [2.24, 2.45) is 5.16 Å². The minimum Gasteiger partial charge on any atom is -0.497 e. The zero-order valence-electron chi connectivity index (χ0n) is 12.6. The fourth-order valence-electron chi connectivity index (χ4n) is 1.60. The Morgan fingerprint density at radius 3 is 2.20 bits per heavy atom. The lowest BCUT2D eigenvalue weighted by atomic mass is 10.1. The van der Waals surface area contributed by atoms with Crippen molar-refractivity contribution in [3.8, 4) is 5.75 Å². The Balaban J connectivity index is 2.50. The molecule has 1 rings (SSSR count). The van der Waals surface area contributed by atoms with Crippen LogP contribution in [0.5, 0.6) is 5.75 Å². The molecule has 0 aliphatic rings. The maximum atomic E-state index is 5.37. The van der Waals surface area contributed by atoms with E-state index in [1.54, 1.807) is 7.11 Å². The number of benzene rings is 1. The summed E-state index contributed by atoms with van der Waals surface area (Å²) < 4.78 is 15.8. The minimum absolute atomic E-state index is 0.273. The van der Waals surface area contributed by atoms with Crippen molar-refractivity contribution in [3.63, 3.8) is 0 Å². The number of hydrogen-bond acceptors (Lipinski definition) is 5. The molecule has 0 saturated carbocycles. The van der Waals surface area contributed by atoms with Crippen molar-refractivity contribution >= 4 is 5.71 Å². The first kappa shape index (κ1) is 16.5. The predicted octanol–water partition coefficient (Wildman–Crippen LogP) is 2.83. The smallest absolute Gasteiger partial charge is 0.194 e. The van der Waals surface area contributed by atoms with E-state index in [0.717, 1.165) is 17.0 Å². The lowest BCUT2D eigenvalue weighted by Crippen LogP contribution is -2.22. The van der Waals surface area contributed by atoms with Crippen molar-refractivity contribution in [3.05, 3.63) is 29.8 Å². The first-order chi connectivity index (χ1) is 9.71. The topological polar surface area (TPSA) is 49.3 Å². The quantitative estimate of drug-likeness (QED) is 0.397. The van der Waals surface area contributed by atoms with Gasteiger partial charge in [0, 0.05) is 13.2 Å². The molecule has 5 nitrogen and oxygen atoms in total. The van der Waals surface area contributed by atoms with E-state index in [4.69, 9.17) is 19.0 Å². The van der Waals surface area contributed by atoms with E-state index >= 15 is 0 Å². The van der Waals surface area contributed by atoms with Crippen LogP contribution in [0, 0.1) is 0 Å². The second-order valence-electron chi connectivity index (χ2n) is 4.04. The maximum absolute atomic E-state index is 5.37. The number of ether oxygens (including phenoxy) is 3. The standard InChI is InChI=1S/C15H23NO4/c1-5-18-15(19-6-2)11-20-16-12(3)13-7-9-14(17-4)10-8-13/h7-10,15H,5-6,11H2,1-4H3/b16-12+. The SMILES string of the molecule is CCOC(CO/N=C(\C)c1ccc(OC)cc1)OCC. The van der Waals surface area contributed by atoms with Gasteiger partial charge in [0.1, 0.15) is 5.75 Å². The van der Waals surface area contributed by atoms with Gasteiger partial charge in [0.15, 0.2) is 12.9 Å². The van der Waals surface area contributed by atoms with Crippen LogP contribution in [0.2, 0.25) is 0 Å². The van der Waals surface area contributed by atoms with Crippen LogP contribution in [0.3, 0.4) is 0 Å². The summed E-state index contributed by atoms with van der Waals surface area (Å²) in [5.74, 6) is 0.815. The van der Waals surface area contributed by atoms with E-state index in [9.17, 15) is 0 Å². The summed E-state index contributed by atoms with van der Waals surface area (Å²) in [5, 5.41) is 4.07. The van der Waals surface area contributed by atoms with Crippen molar-refractivity contribution in [2.75, 3.05) is 26.9 Å². The van der Waals surface area contributed by atoms with E-state index in [2.05, 4.69) is 5.16 Å². The van der Waals surface area contributed by atoms with Crippen LogP contribution < -0.4 is 4.74 Å². The zero-order valence-corrected chi connectivity index (χ0v) is 12.6. The van der Waals surface area contributed by atoms with E-state index < -0.39 is 0 Å². The number of oxime groups is 1. The van der Waals surface area contributed by atoms with Gasteiger partial charge in [-0.15, -0.1) is 0 Å². The van der Waals surface area contributed by atoms with Crippen LogP contribution in [0.15, 0.2) is 29.4 Å². The van der Waals surface area contributed by atoms with Gasteiger partial charge in [-0.25, -0.2) is 0 Å². The number of nitrogens with zero attached hydrogens (tertiary/aromatic N) is 1. The molecular weight excluding hydrogens is 258 g/mol. The third-order valence-corrected chi connectivity index (χ3v) is 2.63. The summed E-state index contributed by atoms with van der Waals surface area (Å²) in [6.45, 7) is 7.15. The van der Waals surface area contributed by atoms with Gasteiger partial charge in [0.2, 0.25) is 0 Å². The zero-order chi connectivity index (χ0) is 14.8. The molecule has 0 heterocycles. The average molecular weight is 281 g/mol. The Bertz CT molecular complexity index is 397. The molecule has 0 spiro atoms. The third-order valence-electron chi connectivity index (χ3n) is 2.63. The second-order valence-corrected chi connectivity index (χ2v) is 4.04. The van der Waals surface area contributed by atoms with Crippen LogP contribution in [0.4, 0.5) is 0 Å². The molecule has 20 heavy (non-hydrogen) atoms. The minimum atomic E-state index is -0.377. The van der Waals surface area contributed by atoms with E-state index in [-0.39, 0.29) is 12.9 Å². The summed E-state index contributed by atoms with van der Waals surface area (Å²) in [5.41, 5.74) is 1.77. The predicted molar refractivity (Wildman–Crippen MR) is 78.2 cm³/mol. The molecule has 5 heteroatoms. The van der Waals surface area contributed by atoms with Gasteiger partial charge in [0.25, 0.3) is 0 Å². The molecule has 0 radical (unpaired) electrons. The highest BCUT2D eigenvalue weighted by Crippen LogP contribution is 2.12. The Morgan fingerprint density at radius 1 is 1.10 bits per heavy atom. The molecule has 1 aromatic carbocycles. The highest BCUT2D eigenvalue weighted by molar-refractivity contribution is 5.98. The monoisotopic (exact) mass is 281 g/mol. The second kappa shape index (κ2) is 9.34. The molecule has 0 aliphatic carbocycles. The fraction of sp³-hybridized carbons (Fsp3) is 0.533. The third kappa shape index (κ3) is 5.59. The van der Waals surface area contributed by atoms with E-state index in [0.29, 0.717) is 13.2 Å². The van der Waals surface area contributed by atoms with Gasteiger partial charge in [-0.2, -0.15) is 0 Å². The van der Waals surface area contributed by atoms with E-state index in [1.165, 1.54) is 0 Å². The van der Waals surface area contributed by atoms with Crippen LogP contribution >= 0.6 is 0 Å². The van der Waals surface area contributed by atoms with Gasteiger partial charge < -0.3 is 19.0 Å². The molecule has 1 aromatic rings. The van der Waals surface area contributed by atoms with Crippen LogP contribution in [-0.4, -0.2) is 38.9 Å². The summed E-state index contributed by atoms with van der Waals surface area (Å²) in [6.07, 6.45) is -0.377. The van der Waals surface area contributed by atoms with Gasteiger partial charge in [-0.3, -0.25) is 0 Å².